The van der Waals surface area contributed by atoms with Gasteiger partial charge in [-0.2, -0.15) is 13.2 Å². The van der Waals surface area contributed by atoms with E-state index in [-0.39, 0.29) is 21.2 Å². The fourth-order valence-electron chi connectivity index (χ4n) is 1.83. The summed E-state index contributed by atoms with van der Waals surface area (Å²) < 4.78 is 37.5. The third-order valence-electron chi connectivity index (χ3n) is 2.87. The Morgan fingerprint density at radius 2 is 2.15 bits per heavy atom. The number of carbonyl (C=O) groups is 1. The van der Waals surface area contributed by atoms with Crippen LogP contribution in [0.3, 0.4) is 0 Å². The van der Waals surface area contributed by atoms with Gasteiger partial charge in [0.25, 0.3) is 0 Å². The second kappa shape index (κ2) is 6.22. The molecular weight excluding hydrogens is 313 g/mol. The molecule has 1 aromatic rings. The van der Waals surface area contributed by atoms with E-state index in [0.29, 0.717) is 13.0 Å². The van der Waals surface area contributed by atoms with Crippen molar-refractivity contribution in [3.8, 4) is 0 Å². The van der Waals surface area contributed by atoms with Gasteiger partial charge >= 0.3 is 6.18 Å². The Labute approximate surface area is 123 Å². The van der Waals surface area contributed by atoms with Gasteiger partial charge < -0.3 is 5.32 Å². The number of hydrogen-bond donors (Lipinski definition) is 1. The predicted molar refractivity (Wildman–Crippen MR) is 70.8 cm³/mol. The number of rotatable bonds is 2. The molecule has 20 heavy (non-hydrogen) atoms. The first-order valence-electron chi connectivity index (χ1n) is 6.05. The van der Waals surface area contributed by atoms with E-state index in [4.69, 9.17) is 11.6 Å². The number of amides is 1. The number of nitrogens with one attached hydrogen (secondary N) is 1. The van der Waals surface area contributed by atoms with Crippen molar-refractivity contribution in [1.82, 2.24) is 10.3 Å². The van der Waals surface area contributed by atoms with Crippen LogP contribution in [-0.2, 0) is 11.0 Å². The largest absolute Gasteiger partial charge is 0.417 e. The highest BCUT2D eigenvalue weighted by atomic mass is 35.5. The van der Waals surface area contributed by atoms with Crippen LogP contribution >= 0.6 is 23.4 Å². The molecule has 0 bridgehead atoms. The summed E-state index contributed by atoms with van der Waals surface area (Å²) in [5.41, 5.74) is -0.892. The molecule has 0 aliphatic carbocycles. The summed E-state index contributed by atoms with van der Waals surface area (Å²) >= 11 is 6.94. The predicted octanol–water partition coefficient (Wildman–Crippen LogP) is 3.51. The molecule has 8 heteroatoms. The summed E-state index contributed by atoms with van der Waals surface area (Å²) in [7, 11) is 0. The molecule has 1 aromatic heterocycles. The van der Waals surface area contributed by atoms with Crippen molar-refractivity contribution in [1.29, 1.82) is 0 Å². The zero-order chi connectivity index (χ0) is 14.8. The lowest BCUT2D eigenvalue weighted by Crippen LogP contribution is -2.30. The maximum atomic E-state index is 12.5. The zero-order valence-corrected chi connectivity index (χ0v) is 11.9. The Morgan fingerprint density at radius 1 is 1.40 bits per heavy atom. The number of pyridine rings is 1. The second-order valence-corrected chi connectivity index (χ2v) is 6.00. The van der Waals surface area contributed by atoms with Crippen molar-refractivity contribution >= 4 is 29.3 Å². The Balaban J connectivity index is 2.15. The molecule has 1 atom stereocenters. The van der Waals surface area contributed by atoms with Gasteiger partial charge in [-0.3, -0.25) is 4.79 Å². The van der Waals surface area contributed by atoms with E-state index in [9.17, 15) is 18.0 Å². The number of aromatic nitrogens is 1. The molecule has 1 N–H and O–H groups in total. The van der Waals surface area contributed by atoms with Crippen molar-refractivity contribution in [2.24, 2.45) is 0 Å². The van der Waals surface area contributed by atoms with Crippen LogP contribution < -0.4 is 5.32 Å². The van der Waals surface area contributed by atoms with Gasteiger partial charge in [0.05, 0.1) is 15.8 Å². The highest BCUT2D eigenvalue weighted by molar-refractivity contribution is 8.00. The Kier molecular flexibility index (Phi) is 4.80. The van der Waals surface area contributed by atoms with Crippen LogP contribution in [0.4, 0.5) is 13.2 Å². The zero-order valence-electron chi connectivity index (χ0n) is 10.3. The minimum Gasteiger partial charge on any atom is -0.355 e. The SMILES string of the molecule is O=C1NCCCC[C@H]1Sc1ncc(C(F)(F)F)cc1Cl. The molecule has 2 rings (SSSR count). The molecular formula is C12H12ClF3N2OS. The molecule has 1 aliphatic heterocycles. The third kappa shape index (κ3) is 3.79. The molecule has 1 fully saturated rings. The number of thioether (sulfide) groups is 1. The van der Waals surface area contributed by atoms with Crippen LogP contribution in [0.25, 0.3) is 0 Å². The van der Waals surface area contributed by atoms with Crippen LogP contribution in [0.2, 0.25) is 5.02 Å². The minimum atomic E-state index is -4.47. The van der Waals surface area contributed by atoms with E-state index in [0.717, 1.165) is 36.9 Å². The molecule has 3 nitrogen and oxygen atoms in total. The minimum absolute atomic E-state index is 0.0816. The second-order valence-electron chi connectivity index (χ2n) is 4.40. The first-order chi connectivity index (χ1) is 9.38. The highest BCUT2D eigenvalue weighted by Crippen LogP contribution is 2.36. The Bertz CT molecular complexity index is 510. The molecule has 1 saturated heterocycles. The van der Waals surface area contributed by atoms with Crippen LogP contribution in [0.1, 0.15) is 24.8 Å². The van der Waals surface area contributed by atoms with Crippen LogP contribution in [0.15, 0.2) is 17.3 Å². The lowest BCUT2D eigenvalue weighted by molar-refractivity contribution is -0.137. The monoisotopic (exact) mass is 324 g/mol. The summed E-state index contributed by atoms with van der Waals surface area (Å²) in [5.74, 6) is -0.120. The number of nitrogens with zero attached hydrogens (tertiary/aromatic N) is 1. The van der Waals surface area contributed by atoms with Gasteiger partial charge in [0.15, 0.2) is 0 Å². The first kappa shape index (κ1) is 15.4. The molecule has 110 valence electrons. The number of hydrogen-bond acceptors (Lipinski definition) is 3. The summed E-state index contributed by atoms with van der Waals surface area (Å²) in [5, 5.41) is 2.57. The fraction of sp³-hybridized carbons (Fsp3) is 0.500. The summed E-state index contributed by atoms with van der Waals surface area (Å²) in [6.45, 7) is 0.629. The van der Waals surface area contributed by atoms with Crippen molar-refractivity contribution < 1.29 is 18.0 Å². The smallest absolute Gasteiger partial charge is 0.355 e. The van der Waals surface area contributed by atoms with Crippen LogP contribution in [0.5, 0.6) is 0 Å². The Morgan fingerprint density at radius 3 is 2.80 bits per heavy atom. The van der Waals surface area contributed by atoms with Crippen molar-refractivity contribution in [3.63, 3.8) is 0 Å². The Hall–Kier alpha value is -0.950. The maximum absolute atomic E-state index is 12.5. The quantitative estimate of drug-likeness (QED) is 0.905. The molecule has 0 aromatic carbocycles. The van der Waals surface area contributed by atoms with E-state index in [1.54, 1.807) is 0 Å². The van der Waals surface area contributed by atoms with Gasteiger partial charge in [0.2, 0.25) is 5.91 Å². The van der Waals surface area contributed by atoms with Gasteiger partial charge in [0, 0.05) is 12.7 Å². The van der Waals surface area contributed by atoms with Gasteiger partial charge in [-0.1, -0.05) is 29.8 Å². The van der Waals surface area contributed by atoms with E-state index in [1.165, 1.54) is 0 Å². The number of carbonyl (C=O) groups excluding carboxylic acids is 1. The van der Waals surface area contributed by atoms with Crippen LogP contribution in [-0.4, -0.2) is 22.7 Å². The first-order valence-corrected chi connectivity index (χ1v) is 7.31. The maximum Gasteiger partial charge on any atom is 0.417 e. The van der Waals surface area contributed by atoms with E-state index in [2.05, 4.69) is 10.3 Å². The average molecular weight is 325 g/mol. The van der Waals surface area contributed by atoms with Gasteiger partial charge in [-0.05, 0) is 18.9 Å². The van der Waals surface area contributed by atoms with Crippen molar-refractivity contribution in [2.75, 3.05) is 6.54 Å². The average Bonchev–Trinajstić information content (AvgIpc) is 2.56. The molecule has 1 amide bonds. The van der Waals surface area contributed by atoms with Crippen molar-refractivity contribution in [2.45, 2.75) is 35.7 Å². The van der Waals surface area contributed by atoms with E-state index < -0.39 is 11.7 Å². The lowest BCUT2D eigenvalue weighted by Gasteiger charge is -2.14. The number of halogens is 4. The molecule has 0 radical (unpaired) electrons. The molecule has 0 spiro atoms. The molecule has 1 aliphatic rings. The van der Waals surface area contributed by atoms with Crippen LogP contribution in [0, 0.1) is 0 Å². The summed E-state index contributed by atoms with van der Waals surface area (Å²) in [6, 6.07) is 0.839. The van der Waals surface area contributed by atoms with E-state index >= 15 is 0 Å². The number of alkyl halides is 3. The molecule has 0 unspecified atom stereocenters. The third-order valence-corrected chi connectivity index (χ3v) is 4.56. The lowest BCUT2D eigenvalue weighted by atomic mass is 10.2. The van der Waals surface area contributed by atoms with Gasteiger partial charge in [0.1, 0.15) is 5.03 Å². The molecule has 2 heterocycles. The molecule has 0 saturated carbocycles. The fourth-order valence-corrected chi connectivity index (χ4v) is 3.15. The summed E-state index contributed by atoms with van der Waals surface area (Å²) in [4.78, 5) is 15.5. The van der Waals surface area contributed by atoms with Gasteiger partial charge in [-0.25, -0.2) is 4.98 Å². The standard InChI is InChI=1S/C12H12ClF3N2OS/c13-8-5-7(12(14,15)16)6-18-11(8)20-9-3-1-2-4-17-10(9)19/h5-6,9H,1-4H2,(H,17,19)/t9-/m1/s1. The normalized spacial score (nSPS) is 20.4. The summed E-state index contributed by atoms with van der Waals surface area (Å²) in [6.07, 6.45) is -1.29. The topological polar surface area (TPSA) is 42.0 Å². The van der Waals surface area contributed by atoms with Crippen molar-refractivity contribution in [3.05, 3.63) is 22.8 Å². The van der Waals surface area contributed by atoms with E-state index in [1.807, 2.05) is 0 Å². The highest BCUT2D eigenvalue weighted by Gasteiger charge is 2.32. The van der Waals surface area contributed by atoms with Gasteiger partial charge in [-0.15, -0.1) is 0 Å².